The van der Waals surface area contributed by atoms with Crippen molar-refractivity contribution in [3.63, 3.8) is 0 Å². The summed E-state index contributed by atoms with van der Waals surface area (Å²) >= 11 is 0. The van der Waals surface area contributed by atoms with Gasteiger partial charge in [0.2, 0.25) is 0 Å². The summed E-state index contributed by atoms with van der Waals surface area (Å²) in [6, 6.07) is 16.5. The molecule has 0 aliphatic heterocycles. The number of aryl methyl sites for hydroxylation is 2. The van der Waals surface area contributed by atoms with Gasteiger partial charge >= 0.3 is 5.97 Å². The molecule has 0 amide bonds. The van der Waals surface area contributed by atoms with E-state index in [0.717, 1.165) is 30.8 Å². The van der Waals surface area contributed by atoms with Crippen molar-refractivity contribution < 1.29 is 24.1 Å². The Morgan fingerprint density at radius 1 is 0.921 bits per heavy atom. The third-order valence-electron chi connectivity index (χ3n) is 6.43. The number of para-hydroxylation sites is 1. The standard InChI is InChI=1S/C32H47NO5/c1-26(34)21-22-32(35)38-30(24-33(2)3)25-37-31-20-13-12-18-28(31)17-11-9-7-5-6-8-10-15-27-16-14-19-29(23-27)36-4/h12-14,16,18-20,23,30,34H,1,5-11,15,17,21-22,24-25H2,2-4H3. The zero-order valence-electron chi connectivity index (χ0n) is 23.6. The molecule has 0 spiro atoms. The summed E-state index contributed by atoms with van der Waals surface area (Å²) in [5.41, 5.74) is 2.54. The summed E-state index contributed by atoms with van der Waals surface area (Å²) in [4.78, 5) is 14.1. The van der Waals surface area contributed by atoms with E-state index >= 15 is 0 Å². The molecule has 0 aliphatic carbocycles. The molecule has 0 bridgehead atoms. The second-order valence-electron chi connectivity index (χ2n) is 10.2. The predicted molar refractivity (Wildman–Crippen MR) is 154 cm³/mol. The fourth-order valence-electron chi connectivity index (χ4n) is 4.41. The van der Waals surface area contributed by atoms with Gasteiger partial charge in [-0.3, -0.25) is 4.79 Å². The van der Waals surface area contributed by atoms with Crippen molar-refractivity contribution in [2.24, 2.45) is 0 Å². The molecule has 0 saturated carbocycles. The molecule has 1 atom stereocenters. The first-order valence-corrected chi connectivity index (χ1v) is 13.9. The molecule has 0 radical (unpaired) electrons. The fraction of sp³-hybridized carbons (Fsp3) is 0.531. The van der Waals surface area contributed by atoms with E-state index in [-0.39, 0.29) is 37.3 Å². The molecule has 2 rings (SSSR count). The molecular weight excluding hydrogens is 478 g/mol. The Morgan fingerprint density at radius 3 is 2.29 bits per heavy atom. The van der Waals surface area contributed by atoms with Crippen molar-refractivity contribution in [3.05, 3.63) is 72.0 Å². The monoisotopic (exact) mass is 525 g/mol. The van der Waals surface area contributed by atoms with Crippen molar-refractivity contribution in [2.45, 2.75) is 76.7 Å². The van der Waals surface area contributed by atoms with Crippen LogP contribution in [-0.2, 0) is 22.4 Å². The van der Waals surface area contributed by atoms with Crippen LogP contribution in [0.5, 0.6) is 11.5 Å². The summed E-state index contributed by atoms with van der Waals surface area (Å²) < 4.78 is 17.0. The molecule has 2 aromatic carbocycles. The number of likely N-dealkylation sites (N-methyl/N-ethyl adjacent to an activating group) is 1. The second-order valence-corrected chi connectivity index (χ2v) is 10.2. The highest BCUT2D eigenvalue weighted by Gasteiger charge is 2.17. The molecule has 0 saturated heterocycles. The molecule has 6 heteroatoms. The van der Waals surface area contributed by atoms with Gasteiger partial charge in [-0.15, -0.1) is 0 Å². The first kappa shape index (κ1) is 31.2. The van der Waals surface area contributed by atoms with Crippen molar-refractivity contribution >= 4 is 5.97 Å². The largest absolute Gasteiger partial charge is 0.513 e. The third-order valence-corrected chi connectivity index (χ3v) is 6.43. The Balaban J connectivity index is 1.67. The molecule has 1 N–H and O–H groups in total. The van der Waals surface area contributed by atoms with Gasteiger partial charge in [-0.1, -0.05) is 69.0 Å². The van der Waals surface area contributed by atoms with Gasteiger partial charge in [0, 0.05) is 13.0 Å². The van der Waals surface area contributed by atoms with Crippen LogP contribution in [-0.4, -0.2) is 56.4 Å². The van der Waals surface area contributed by atoms with E-state index in [1.165, 1.54) is 49.7 Å². The molecule has 2 aromatic rings. The van der Waals surface area contributed by atoms with Crippen LogP contribution in [0.4, 0.5) is 0 Å². The number of esters is 1. The zero-order valence-corrected chi connectivity index (χ0v) is 23.6. The Hall–Kier alpha value is -2.99. The van der Waals surface area contributed by atoms with E-state index < -0.39 is 0 Å². The van der Waals surface area contributed by atoms with E-state index in [1.54, 1.807) is 7.11 Å². The third kappa shape index (κ3) is 13.5. The lowest BCUT2D eigenvalue weighted by Gasteiger charge is -2.22. The van der Waals surface area contributed by atoms with Crippen molar-refractivity contribution in [2.75, 3.05) is 34.4 Å². The van der Waals surface area contributed by atoms with Gasteiger partial charge in [-0.05, 0) is 69.1 Å². The van der Waals surface area contributed by atoms with E-state index in [2.05, 4.69) is 30.8 Å². The molecule has 0 heterocycles. The minimum atomic E-state index is -0.388. The molecule has 6 nitrogen and oxygen atoms in total. The number of hydrogen-bond donors (Lipinski definition) is 1. The van der Waals surface area contributed by atoms with Gasteiger partial charge in [0.1, 0.15) is 24.2 Å². The number of ether oxygens (including phenoxy) is 3. The maximum atomic E-state index is 12.1. The summed E-state index contributed by atoms with van der Waals surface area (Å²) in [6.45, 7) is 4.27. The van der Waals surface area contributed by atoms with Crippen LogP contribution in [0.2, 0.25) is 0 Å². The van der Waals surface area contributed by atoms with Gasteiger partial charge < -0.3 is 24.2 Å². The topological polar surface area (TPSA) is 68.2 Å². The van der Waals surface area contributed by atoms with Gasteiger partial charge in [-0.25, -0.2) is 0 Å². The number of allylic oxidation sites excluding steroid dienone is 1. The number of carbonyl (C=O) groups excluding carboxylic acids is 1. The molecule has 0 fully saturated rings. The van der Waals surface area contributed by atoms with E-state index in [0.29, 0.717) is 6.54 Å². The normalized spacial score (nSPS) is 11.8. The summed E-state index contributed by atoms with van der Waals surface area (Å²) in [5.74, 6) is 1.42. The number of rotatable bonds is 20. The van der Waals surface area contributed by atoms with Crippen LogP contribution in [0.25, 0.3) is 0 Å². The first-order valence-electron chi connectivity index (χ1n) is 13.9. The highest BCUT2D eigenvalue weighted by molar-refractivity contribution is 5.69. The number of benzene rings is 2. The predicted octanol–water partition coefficient (Wildman–Crippen LogP) is 6.92. The van der Waals surface area contributed by atoms with Crippen LogP contribution in [0.3, 0.4) is 0 Å². The van der Waals surface area contributed by atoms with Crippen LogP contribution in [0, 0.1) is 0 Å². The van der Waals surface area contributed by atoms with Crippen LogP contribution in [0.15, 0.2) is 60.9 Å². The Labute approximate surface area is 229 Å². The summed E-state index contributed by atoms with van der Waals surface area (Å²) in [7, 11) is 5.59. The zero-order chi connectivity index (χ0) is 27.6. The van der Waals surface area contributed by atoms with E-state index in [9.17, 15) is 9.90 Å². The molecule has 0 aromatic heterocycles. The Bertz CT molecular complexity index is 958. The highest BCUT2D eigenvalue weighted by Crippen LogP contribution is 2.22. The second kappa shape index (κ2) is 18.3. The Kier molecular flexibility index (Phi) is 15.0. The van der Waals surface area contributed by atoms with Gasteiger partial charge in [0.25, 0.3) is 0 Å². The maximum absolute atomic E-state index is 12.1. The number of unbranched alkanes of at least 4 members (excludes halogenated alkanes) is 6. The quantitative estimate of drug-likeness (QED) is 0.115. The summed E-state index contributed by atoms with van der Waals surface area (Å²) in [5, 5.41) is 9.23. The fourth-order valence-corrected chi connectivity index (χ4v) is 4.41. The molecule has 38 heavy (non-hydrogen) atoms. The molecule has 1 unspecified atom stereocenters. The van der Waals surface area contributed by atoms with Crippen molar-refractivity contribution in [3.8, 4) is 11.5 Å². The van der Waals surface area contributed by atoms with Crippen molar-refractivity contribution in [1.82, 2.24) is 4.90 Å². The van der Waals surface area contributed by atoms with Gasteiger partial charge in [0.05, 0.1) is 19.3 Å². The average Bonchev–Trinajstić information content (AvgIpc) is 2.90. The van der Waals surface area contributed by atoms with Crippen LogP contribution >= 0.6 is 0 Å². The van der Waals surface area contributed by atoms with E-state index in [4.69, 9.17) is 14.2 Å². The number of aliphatic hydroxyl groups excluding tert-OH is 1. The minimum Gasteiger partial charge on any atom is -0.513 e. The number of methoxy groups -OCH3 is 1. The molecule has 0 aliphatic rings. The smallest absolute Gasteiger partial charge is 0.306 e. The molecule has 210 valence electrons. The number of hydrogen-bond acceptors (Lipinski definition) is 6. The average molecular weight is 526 g/mol. The maximum Gasteiger partial charge on any atom is 0.306 e. The lowest BCUT2D eigenvalue weighted by molar-refractivity contribution is -0.151. The van der Waals surface area contributed by atoms with Crippen molar-refractivity contribution in [1.29, 1.82) is 0 Å². The number of nitrogens with zero attached hydrogens (tertiary/aromatic N) is 1. The first-order chi connectivity index (χ1) is 18.4. The highest BCUT2D eigenvalue weighted by atomic mass is 16.6. The van der Waals surface area contributed by atoms with Gasteiger partial charge in [0.15, 0.2) is 0 Å². The SMILES string of the molecule is C=C(O)CCC(=O)OC(COc1ccccc1CCCCCCCCCc1cccc(OC)c1)CN(C)C. The minimum absolute atomic E-state index is 0.0132. The lowest BCUT2D eigenvalue weighted by Crippen LogP contribution is -2.35. The van der Waals surface area contributed by atoms with Crippen LogP contribution < -0.4 is 9.47 Å². The van der Waals surface area contributed by atoms with E-state index in [1.807, 2.05) is 43.3 Å². The van der Waals surface area contributed by atoms with Crippen LogP contribution in [0.1, 0.15) is 68.9 Å². The van der Waals surface area contributed by atoms with Gasteiger partial charge in [-0.2, -0.15) is 0 Å². The lowest BCUT2D eigenvalue weighted by atomic mass is 10.0. The summed E-state index contributed by atoms with van der Waals surface area (Å²) in [6.07, 6.45) is 10.7. The molecular formula is C32H47NO5. The Morgan fingerprint density at radius 2 is 1.61 bits per heavy atom. The number of carbonyl (C=O) groups is 1. The number of aliphatic hydroxyl groups is 1.